The molecule has 1 saturated heterocycles. The van der Waals surface area contributed by atoms with Crippen LogP contribution in [0.4, 0.5) is 0 Å². The molecule has 104 valence electrons. The summed E-state index contributed by atoms with van der Waals surface area (Å²) in [5.74, 6) is 0.971. The van der Waals surface area contributed by atoms with E-state index in [1.54, 1.807) is 0 Å². The molecule has 1 heterocycles. The van der Waals surface area contributed by atoms with Gasteiger partial charge in [-0.15, -0.1) is 0 Å². The van der Waals surface area contributed by atoms with Crippen molar-refractivity contribution in [2.45, 2.75) is 46.1 Å². The maximum absolute atomic E-state index is 12.3. The van der Waals surface area contributed by atoms with Gasteiger partial charge in [-0.1, -0.05) is 44.5 Å². The Balaban J connectivity index is 1.96. The number of rotatable bonds is 5. The van der Waals surface area contributed by atoms with E-state index in [-0.39, 0.29) is 5.78 Å². The van der Waals surface area contributed by atoms with E-state index < -0.39 is 0 Å². The van der Waals surface area contributed by atoms with Crippen molar-refractivity contribution in [2.24, 2.45) is 5.92 Å². The molecule has 1 aliphatic heterocycles. The van der Waals surface area contributed by atoms with Gasteiger partial charge in [0.1, 0.15) is 0 Å². The maximum Gasteiger partial charge on any atom is 0.176 e. The largest absolute Gasteiger partial charge is 0.293 e. The molecule has 1 aromatic carbocycles. The molecule has 0 bridgehead atoms. The van der Waals surface area contributed by atoms with Gasteiger partial charge in [0.2, 0.25) is 0 Å². The number of aryl methyl sites for hydroxylation is 1. The second-order valence-electron chi connectivity index (χ2n) is 5.99. The van der Waals surface area contributed by atoms with Crippen LogP contribution in [0.2, 0.25) is 0 Å². The minimum Gasteiger partial charge on any atom is -0.293 e. The molecular weight excluding hydrogens is 234 g/mol. The van der Waals surface area contributed by atoms with Crippen LogP contribution >= 0.6 is 0 Å². The minimum absolute atomic E-state index is 0.254. The van der Waals surface area contributed by atoms with Crippen LogP contribution in [0.3, 0.4) is 0 Å². The van der Waals surface area contributed by atoms with E-state index in [4.69, 9.17) is 0 Å². The smallest absolute Gasteiger partial charge is 0.176 e. The Labute approximate surface area is 116 Å². The number of hydrogen-bond acceptors (Lipinski definition) is 2. The summed E-state index contributed by atoms with van der Waals surface area (Å²) in [7, 11) is 0. The lowest BCUT2D eigenvalue weighted by Gasteiger charge is -2.19. The molecule has 1 fully saturated rings. The average Bonchev–Trinajstić information content (AvgIpc) is 2.69. The molecule has 0 saturated carbocycles. The first-order chi connectivity index (χ1) is 9.10. The Morgan fingerprint density at radius 2 is 1.95 bits per heavy atom. The Hall–Kier alpha value is -1.15. The third kappa shape index (κ3) is 3.66. The van der Waals surface area contributed by atoms with Crippen LogP contribution in [0, 0.1) is 5.92 Å². The van der Waals surface area contributed by atoms with E-state index in [0.29, 0.717) is 12.6 Å². The molecule has 0 radical (unpaired) electrons. The van der Waals surface area contributed by atoms with Crippen molar-refractivity contribution in [3.05, 3.63) is 35.4 Å². The summed E-state index contributed by atoms with van der Waals surface area (Å²) in [5.41, 5.74) is 2.17. The normalized spacial score (nSPS) is 23.7. The second kappa shape index (κ2) is 6.33. The molecule has 0 aliphatic carbocycles. The highest BCUT2D eigenvalue weighted by Crippen LogP contribution is 2.22. The zero-order valence-electron chi connectivity index (χ0n) is 12.4. The summed E-state index contributed by atoms with van der Waals surface area (Å²) in [5, 5.41) is 0. The van der Waals surface area contributed by atoms with Gasteiger partial charge in [0.15, 0.2) is 5.78 Å². The molecule has 1 aliphatic rings. The molecule has 1 aromatic rings. The van der Waals surface area contributed by atoms with Crippen molar-refractivity contribution in [2.75, 3.05) is 13.1 Å². The predicted molar refractivity (Wildman–Crippen MR) is 79.6 cm³/mol. The van der Waals surface area contributed by atoms with Crippen molar-refractivity contribution in [3.8, 4) is 0 Å². The molecule has 2 heteroatoms. The molecule has 0 spiro atoms. The van der Waals surface area contributed by atoms with Crippen LogP contribution in [0.25, 0.3) is 0 Å². The van der Waals surface area contributed by atoms with Gasteiger partial charge in [-0.25, -0.2) is 0 Å². The quantitative estimate of drug-likeness (QED) is 0.754. The highest BCUT2D eigenvalue weighted by atomic mass is 16.1. The minimum atomic E-state index is 0.254. The molecule has 0 N–H and O–H groups in total. The van der Waals surface area contributed by atoms with Gasteiger partial charge in [0.05, 0.1) is 6.54 Å². The van der Waals surface area contributed by atoms with Crippen LogP contribution in [0.1, 0.15) is 49.5 Å². The van der Waals surface area contributed by atoms with E-state index in [0.717, 1.165) is 30.9 Å². The summed E-state index contributed by atoms with van der Waals surface area (Å²) in [6.07, 6.45) is 3.45. The number of benzene rings is 1. The summed E-state index contributed by atoms with van der Waals surface area (Å²) < 4.78 is 0. The van der Waals surface area contributed by atoms with Crippen molar-refractivity contribution >= 4 is 5.78 Å². The van der Waals surface area contributed by atoms with E-state index in [2.05, 4.69) is 37.8 Å². The van der Waals surface area contributed by atoms with Gasteiger partial charge < -0.3 is 0 Å². The third-order valence-electron chi connectivity index (χ3n) is 4.07. The van der Waals surface area contributed by atoms with Crippen molar-refractivity contribution < 1.29 is 4.79 Å². The van der Waals surface area contributed by atoms with Crippen LogP contribution < -0.4 is 0 Å². The van der Waals surface area contributed by atoms with Crippen molar-refractivity contribution in [3.63, 3.8) is 0 Å². The number of Topliss-reactive ketones (excluding diaryl/α,β-unsaturated/α-hetero) is 1. The number of nitrogens with zero attached hydrogens (tertiary/aromatic N) is 1. The average molecular weight is 259 g/mol. The predicted octanol–water partition coefficient (Wildman–Crippen LogP) is 3.55. The monoisotopic (exact) mass is 259 g/mol. The van der Waals surface area contributed by atoms with Crippen LogP contribution in [0.15, 0.2) is 24.3 Å². The maximum atomic E-state index is 12.3. The van der Waals surface area contributed by atoms with Crippen molar-refractivity contribution in [1.82, 2.24) is 4.90 Å². The number of carbonyl (C=O) groups is 1. The van der Waals surface area contributed by atoms with Gasteiger partial charge in [0, 0.05) is 18.2 Å². The summed E-state index contributed by atoms with van der Waals surface area (Å²) in [6, 6.07) is 8.69. The lowest BCUT2D eigenvalue weighted by atomic mass is 10.0. The van der Waals surface area contributed by atoms with Gasteiger partial charge in [0.25, 0.3) is 0 Å². The molecular formula is C17H25NO. The van der Waals surface area contributed by atoms with E-state index in [1.807, 2.05) is 12.1 Å². The van der Waals surface area contributed by atoms with E-state index in [9.17, 15) is 4.79 Å². The summed E-state index contributed by atoms with van der Waals surface area (Å²) in [6.45, 7) is 8.29. The Morgan fingerprint density at radius 1 is 1.26 bits per heavy atom. The number of ketones is 1. The summed E-state index contributed by atoms with van der Waals surface area (Å²) >= 11 is 0. The van der Waals surface area contributed by atoms with Crippen LogP contribution in [-0.2, 0) is 6.42 Å². The standard InChI is InChI=1S/C17H25NO/c1-4-5-15-6-8-16(9-7-15)17(19)12-18-11-13(2)10-14(18)3/h6-9,13-14H,4-5,10-12H2,1-3H3. The van der Waals surface area contributed by atoms with Gasteiger partial charge in [-0.2, -0.15) is 0 Å². The molecule has 0 aromatic heterocycles. The first-order valence-electron chi connectivity index (χ1n) is 7.46. The lowest BCUT2D eigenvalue weighted by Crippen LogP contribution is -2.32. The second-order valence-corrected chi connectivity index (χ2v) is 5.99. The summed E-state index contributed by atoms with van der Waals surface area (Å²) in [4.78, 5) is 14.6. The molecule has 19 heavy (non-hydrogen) atoms. The van der Waals surface area contributed by atoms with Gasteiger partial charge in [-0.05, 0) is 31.2 Å². The zero-order chi connectivity index (χ0) is 13.8. The van der Waals surface area contributed by atoms with E-state index in [1.165, 1.54) is 12.0 Å². The van der Waals surface area contributed by atoms with Gasteiger partial charge in [-0.3, -0.25) is 9.69 Å². The Bertz CT molecular complexity index is 423. The molecule has 2 rings (SSSR count). The fourth-order valence-corrected chi connectivity index (χ4v) is 3.03. The third-order valence-corrected chi connectivity index (χ3v) is 4.07. The SMILES string of the molecule is CCCc1ccc(C(=O)CN2CC(C)CC2C)cc1. The molecule has 2 unspecified atom stereocenters. The zero-order valence-corrected chi connectivity index (χ0v) is 12.4. The van der Waals surface area contributed by atoms with E-state index >= 15 is 0 Å². The molecule has 2 nitrogen and oxygen atoms in total. The first kappa shape index (κ1) is 14.3. The number of carbonyl (C=O) groups excluding carboxylic acids is 1. The van der Waals surface area contributed by atoms with Gasteiger partial charge >= 0.3 is 0 Å². The van der Waals surface area contributed by atoms with Crippen LogP contribution in [0.5, 0.6) is 0 Å². The topological polar surface area (TPSA) is 20.3 Å². The number of hydrogen-bond donors (Lipinski definition) is 0. The fraction of sp³-hybridized carbons (Fsp3) is 0.588. The Kier molecular flexibility index (Phi) is 4.76. The fourth-order valence-electron chi connectivity index (χ4n) is 3.03. The van der Waals surface area contributed by atoms with Crippen LogP contribution in [-0.4, -0.2) is 29.8 Å². The highest BCUT2D eigenvalue weighted by Gasteiger charge is 2.27. The first-order valence-corrected chi connectivity index (χ1v) is 7.46. The Morgan fingerprint density at radius 3 is 2.47 bits per heavy atom. The van der Waals surface area contributed by atoms with Crippen molar-refractivity contribution in [1.29, 1.82) is 0 Å². The molecule has 0 amide bonds. The highest BCUT2D eigenvalue weighted by molar-refractivity contribution is 5.97. The number of likely N-dealkylation sites (tertiary alicyclic amines) is 1. The lowest BCUT2D eigenvalue weighted by molar-refractivity contribution is 0.0925. The molecule has 2 atom stereocenters.